The van der Waals surface area contributed by atoms with Gasteiger partial charge in [0.05, 0.1) is 11.4 Å². The van der Waals surface area contributed by atoms with Gasteiger partial charge < -0.3 is 5.32 Å². The van der Waals surface area contributed by atoms with Gasteiger partial charge in [0.1, 0.15) is 0 Å². The van der Waals surface area contributed by atoms with Crippen LogP contribution in [0.3, 0.4) is 0 Å². The molecule has 17 heavy (non-hydrogen) atoms. The minimum absolute atomic E-state index is 0.716. The van der Waals surface area contributed by atoms with Gasteiger partial charge in [-0.3, -0.25) is 0 Å². The molecule has 0 aliphatic carbocycles. The first-order valence-corrected chi connectivity index (χ1v) is 5.60. The molecule has 1 aromatic carbocycles. The lowest BCUT2D eigenvalue weighted by molar-refractivity contribution is 0.726. The van der Waals surface area contributed by atoms with Crippen LogP contribution in [0.15, 0.2) is 55.1 Å². The highest BCUT2D eigenvalue weighted by Gasteiger charge is 1.99. The van der Waals surface area contributed by atoms with Crippen molar-refractivity contribution in [2.24, 2.45) is 0 Å². The fourth-order valence-corrected chi connectivity index (χ4v) is 1.52. The Morgan fingerprint density at radius 1 is 1.06 bits per heavy atom. The van der Waals surface area contributed by atoms with Crippen LogP contribution >= 0.6 is 0 Å². The van der Waals surface area contributed by atoms with Gasteiger partial charge in [0.25, 0.3) is 0 Å². The summed E-state index contributed by atoms with van der Waals surface area (Å²) in [7, 11) is 0. The van der Waals surface area contributed by atoms with Gasteiger partial charge in [-0.2, -0.15) is 10.2 Å². The minimum Gasteiger partial charge on any atom is -0.308 e. The standard InChI is InChI=1S/C14H15N3/c1-2-10-15-11-13-8-9-14(17-16-13)12-6-4-3-5-7-12/h2-9,15H,1,10-11H2. The Kier molecular flexibility index (Phi) is 4.00. The molecule has 86 valence electrons. The van der Waals surface area contributed by atoms with Crippen LogP contribution in [0.4, 0.5) is 0 Å². The molecule has 1 aromatic heterocycles. The predicted molar refractivity (Wildman–Crippen MR) is 69.4 cm³/mol. The Bertz CT molecular complexity index is 463. The zero-order valence-electron chi connectivity index (χ0n) is 9.63. The number of hydrogen-bond donors (Lipinski definition) is 1. The van der Waals surface area contributed by atoms with Gasteiger partial charge in [0, 0.05) is 18.7 Å². The molecule has 2 rings (SSSR count). The summed E-state index contributed by atoms with van der Waals surface area (Å²) in [5, 5.41) is 11.6. The maximum Gasteiger partial charge on any atom is 0.0929 e. The number of benzene rings is 1. The Hall–Kier alpha value is -2.00. The number of aromatic nitrogens is 2. The van der Waals surface area contributed by atoms with E-state index >= 15 is 0 Å². The summed E-state index contributed by atoms with van der Waals surface area (Å²) in [5.41, 5.74) is 2.93. The zero-order chi connectivity index (χ0) is 11.9. The molecule has 1 N–H and O–H groups in total. The fraction of sp³-hybridized carbons (Fsp3) is 0.143. The number of rotatable bonds is 5. The van der Waals surface area contributed by atoms with E-state index in [9.17, 15) is 0 Å². The first-order valence-electron chi connectivity index (χ1n) is 5.60. The van der Waals surface area contributed by atoms with Crippen molar-refractivity contribution in [3.05, 3.63) is 60.8 Å². The van der Waals surface area contributed by atoms with Crippen LogP contribution in [0, 0.1) is 0 Å². The molecule has 0 saturated carbocycles. The molecule has 0 saturated heterocycles. The molecular weight excluding hydrogens is 210 g/mol. The minimum atomic E-state index is 0.716. The molecule has 0 aliphatic heterocycles. The summed E-state index contributed by atoms with van der Waals surface area (Å²) in [5.74, 6) is 0. The van der Waals surface area contributed by atoms with Crippen LogP contribution < -0.4 is 5.32 Å². The molecule has 3 heteroatoms. The summed E-state index contributed by atoms with van der Waals surface area (Å²) in [6.07, 6.45) is 1.83. The van der Waals surface area contributed by atoms with Crippen LogP contribution in [0.25, 0.3) is 11.3 Å². The Morgan fingerprint density at radius 3 is 2.53 bits per heavy atom. The molecule has 2 aromatic rings. The van der Waals surface area contributed by atoms with E-state index in [0.29, 0.717) is 6.54 Å². The summed E-state index contributed by atoms with van der Waals surface area (Å²) in [6.45, 7) is 5.14. The molecule has 0 fully saturated rings. The van der Waals surface area contributed by atoms with E-state index < -0.39 is 0 Å². The molecule has 0 spiro atoms. The van der Waals surface area contributed by atoms with Crippen molar-refractivity contribution in [1.82, 2.24) is 15.5 Å². The summed E-state index contributed by atoms with van der Waals surface area (Å²) in [6, 6.07) is 14.0. The van der Waals surface area contributed by atoms with Crippen molar-refractivity contribution in [2.45, 2.75) is 6.54 Å². The third-order valence-corrected chi connectivity index (χ3v) is 2.38. The topological polar surface area (TPSA) is 37.8 Å². The van der Waals surface area contributed by atoms with E-state index in [1.165, 1.54) is 0 Å². The Balaban J connectivity index is 2.05. The van der Waals surface area contributed by atoms with Gasteiger partial charge in [0.2, 0.25) is 0 Å². The smallest absolute Gasteiger partial charge is 0.0929 e. The van der Waals surface area contributed by atoms with Crippen molar-refractivity contribution in [3.63, 3.8) is 0 Å². The molecule has 0 radical (unpaired) electrons. The highest BCUT2D eigenvalue weighted by molar-refractivity contribution is 5.57. The maximum atomic E-state index is 4.21. The summed E-state index contributed by atoms with van der Waals surface area (Å²) < 4.78 is 0. The molecule has 0 amide bonds. The fourth-order valence-electron chi connectivity index (χ4n) is 1.52. The quantitative estimate of drug-likeness (QED) is 0.627. The lowest BCUT2D eigenvalue weighted by Crippen LogP contribution is -2.14. The first-order chi connectivity index (χ1) is 8.40. The average molecular weight is 225 g/mol. The lowest BCUT2D eigenvalue weighted by Gasteiger charge is -2.02. The third-order valence-electron chi connectivity index (χ3n) is 2.38. The molecule has 0 bridgehead atoms. The van der Waals surface area contributed by atoms with E-state index in [2.05, 4.69) is 22.1 Å². The van der Waals surface area contributed by atoms with Gasteiger partial charge >= 0.3 is 0 Å². The van der Waals surface area contributed by atoms with Crippen LogP contribution in [-0.2, 0) is 6.54 Å². The van der Waals surface area contributed by atoms with Crippen molar-refractivity contribution in [2.75, 3.05) is 6.54 Å². The van der Waals surface area contributed by atoms with Crippen LogP contribution in [0.2, 0.25) is 0 Å². The van der Waals surface area contributed by atoms with Crippen molar-refractivity contribution in [3.8, 4) is 11.3 Å². The monoisotopic (exact) mass is 225 g/mol. The van der Waals surface area contributed by atoms with Crippen molar-refractivity contribution < 1.29 is 0 Å². The maximum absolute atomic E-state index is 4.21. The molecule has 0 aliphatic rings. The number of nitrogens with zero attached hydrogens (tertiary/aromatic N) is 2. The molecule has 3 nitrogen and oxygen atoms in total. The Labute approximate surface area is 101 Å². The second kappa shape index (κ2) is 5.92. The SMILES string of the molecule is C=CCNCc1ccc(-c2ccccc2)nn1. The summed E-state index contributed by atoms with van der Waals surface area (Å²) in [4.78, 5) is 0. The lowest BCUT2D eigenvalue weighted by atomic mass is 10.1. The van der Waals surface area contributed by atoms with E-state index in [4.69, 9.17) is 0 Å². The highest BCUT2D eigenvalue weighted by atomic mass is 15.1. The van der Waals surface area contributed by atoms with Gasteiger partial charge in [0.15, 0.2) is 0 Å². The second-order valence-corrected chi connectivity index (χ2v) is 3.70. The number of nitrogens with one attached hydrogen (secondary N) is 1. The van der Waals surface area contributed by atoms with Gasteiger partial charge in [-0.1, -0.05) is 36.4 Å². The molecule has 0 atom stereocenters. The largest absolute Gasteiger partial charge is 0.308 e. The third kappa shape index (κ3) is 3.23. The number of hydrogen-bond acceptors (Lipinski definition) is 3. The van der Waals surface area contributed by atoms with Crippen molar-refractivity contribution >= 4 is 0 Å². The molecule has 1 heterocycles. The van der Waals surface area contributed by atoms with Crippen LogP contribution in [0.5, 0.6) is 0 Å². The second-order valence-electron chi connectivity index (χ2n) is 3.70. The Morgan fingerprint density at radius 2 is 1.88 bits per heavy atom. The first kappa shape index (κ1) is 11.5. The van der Waals surface area contributed by atoms with E-state index in [-0.39, 0.29) is 0 Å². The predicted octanol–water partition coefficient (Wildman–Crippen LogP) is 2.42. The normalized spacial score (nSPS) is 10.1. The summed E-state index contributed by atoms with van der Waals surface area (Å²) >= 11 is 0. The van der Waals surface area contributed by atoms with Crippen LogP contribution in [-0.4, -0.2) is 16.7 Å². The zero-order valence-corrected chi connectivity index (χ0v) is 9.63. The average Bonchev–Trinajstić information content (AvgIpc) is 2.41. The van der Waals surface area contributed by atoms with Crippen LogP contribution in [0.1, 0.15) is 5.69 Å². The van der Waals surface area contributed by atoms with Gasteiger partial charge in [-0.25, -0.2) is 0 Å². The highest BCUT2D eigenvalue weighted by Crippen LogP contribution is 2.14. The van der Waals surface area contributed by atoms with Crippen molar-refractivity contribution in [1.29, 1.82) is 0 Å². The van der Waals surface area contributed by atoms with E-state index in [0.717, 1.165) is 23.5 Å². The van der Waals surface area contributed by atoms with Gasteiger partial charge in [-0.05, 0) is 12.1 Å². The van der Waals surface area contributed by atoms with Gasteiger partial charge in [-0.15, -0.1) is 6.58 Å². The molecule has 0 unspecified atom stereocenters. The molecular formula is C14H15N3. The van der Waals surface area contributed by atoms with E-state index in [1.807, 2.05) is 48.5 Å². The van der Waals surface area contributed by atoms with E-state index in [1.54, 1.807) is 0 Å².